The van der Waals surface area contributed by atoms with Crippen LogP contribution in [-0.2, 0) is 4.79 Å². The van der Waals surface area contributed by atoms with Gasteiger partial charge in [0.05, 0.1) is 5.52 Å². The Labute approximate surface area is 195 Å². The summed E-state index contributed by atoms with van der Waals surface area (Å²) in [6.45, 7) is 1.34. The standard InChI is InChI=1S/C26H24FN3O4/c27-18-6-9-20(10-7-18)33-21-12-14-30(15-13-21)24(17-4-2-1-3-5-17)25(31)28-19-8-11-22-23(16-19)34-26(32)29-22/h1-11,16,21,24H,12-15H2,(H,28,31)(H,29,32). The molecule has 1 unspecified atom stereocenters. The zero-order chi connectivity index (χ0) is 23.5. The van der Waals surface area contributed by atoms with E-state index in [-0.39, 0.29) is 17.8 Å². The third-order valence-electron chi connectivity index (χ3n) is 6.01. The fraction of sp³-hybridized carbons (Fsp3) is 0.231. The highest BCUT2D eigenvalue weighted by Crippen LogP contribution is 2.28. The second-order valence-electron chi connectivity index (χ2n) is 8.34. The third-order valence-corrected chi connectivity index (χ3v) is 6.01. The summed E-state index contributed by atoms with van der Waals surface area (Å²) in [5.74, 6) is -0.353. The molecule has 2 heterocycles. The van der Waals surface area contributed by atoms with Crippen LogP contribution in [-0.4, -0.2) is 35.0 Å². The molecule has 174 valence electrons. The number of amides is 1. The fourth-order valence-electron chi connectivity index (χ4n) is 4.35. The molecule has 0 spiro atoms. The van der Waals surface area contributed by atoms with Crippen LogP contribution < -0.4 is 15.8 Å². The number of nitrogens with zero attached hydrogens (tertiary/aromatic N) is 1. The van der Waals surface area contributed by atoms with Gasteiger partial charge in [0.25, 0.3) is 0 Å². The smallest absolute Gasteiger partial charge is 0.417 e. The molecule has 1 fully saturated rings. The summed E-state index contributed by atoms with van der Waals surface area (Å²) < 4.78 is 24.3. The van der Waals surface area contributed by atoms with Crippen molar-refractivity contribution in [2.75, 3.05) is 18.4 Å². The molecule has 3 aromatic carbocycles. The van der Waals surface area contributed by atoms with Crippen molar-refractivity contribution in [1.29, 1.82) is 0 Å². The van der Waals surface area contributed by atoms with Crippen molar-refractivity contribution in [2.45, 2.75) is 25.0 Å². The van der Waals surface area contributed by atoms with Crippen molar-refractivity contribution >= 4 is 22.7 Å². The number of piperidine rings is 1. The van der Waals surface area contributed by atoms with E-state index in [1.54, 1.807) is 30.3 Å². The molecule has 7 nitrogen and oxygen atoms in total. The first-order valence-electron chi connectivity index (χ1n) is 11.2. The Morgan fingerprint density at radius 3 is 2.53 bits per heavy atom. The van der Waals surface area contributed by atoms with E-state index in [9.17, 15) is 14.0 Å². The lowest BCUT2D eigenvalue weighted by Crippen LogP contribution is -2.44. The number of carbonyl (C=O) groups excluding carboxylic acids is 1. The number of benzene rings is 3. The van der Waals surface area contributed by atoms with Gasteiger partial charge < -0.3 is 14.5 Å². The van der Waals surface area contributed by atoms with Gasteiger partial charge in [-0.25, -0.2) is 9.18 Å². The van der Waals surface area contributed by atoms with Gasteiger partial charge in [-0.15, -0.1) is 0 Å². The summed E-state index contributed by atoms with van der Waals surface area (Å²) in [6, 6.07) is 20.3. The van der Waals surface area contributed by atoms with Gasteiger partial charge in [-0.1, -0.05) is 30.3 Å². The molecule has 4 aromatic rings. The number of nitrogens with one attached hydrogen (secondary N) is 2. The number of carbonyl (C=O) groups is 1. The third kappa shape index (κ3) is 4.87. The van der Waals surface area contributed by atoms with Crippen LogP contribution in [0.5, 0.6) is 5.75 Å². The predicted octanol–water partition coefficient (Wildman–Crippen LogP) is 4.48. The summed E-state index contributed by atoms with van der Waals surface area (Å²) in [6.07, 6.45) is 1.49. The lowest BCUT2D eigenvalue weighted by atomic mass is 9.99. The average Bonchev–Trinajstić information content (AvgIpc) is 3.22. The molecular formula is C26H24FN3O4. The molecule has 0 saturated carbocycles. The van der Waals surface area contributed by atoms with Crippen LogP contribution in [0.2, 0.25) is 0 Å². The SMILES string of the molecule is O=C(Nc1ccc2[nH]c(=O)oc2c1)C(c1ccccc1)N1CCC(Oc2ccc(F)cc2)CC1. The molecule has 2 N–H and O–H groups in total. The van der Waals surface area contributed by atoms with Gasteiger partial charge in [-0.05, 0) is 54.8 Å². The number of oxazole rings is 1. The first-order chi connectivity index (χ1) is 16.5. The fourth-order valence-corrected chi connectivity index (χ4v) is 4.35. The van der Waals surface area contributed by atoms with E-state index < -0.39 is 11.8 Å². The minimum Gasteiger partial charge on any atom is -0.490 e. The van der Waals surface area contributed by atoms with Crippen LogP contribution in [0.1, 0.15) is 24.4 Å². The lowest BCUT2D eigenvalue weighted by Gasteiger charge is -2.37. The molecule has 1 aliphatic heterocycles. The maximum Gasteiger partial charge on any atom is 0.417 e. The number of rotatable bonds is 6. The van der Waals surface area contributed by atoms with Crippen molar-refractivity contribution in [1.82, 2.24) is 9.88 Å². The first kappa shape index (κ1) is 21.9. The summed E-state index contributed by atoms with van der Waals surface area (Å²) in [7, 11) is 0. The van der Waals surface area contributed by atoms with Crippen molar-refractivity contribution in [3.05, 3.63) is 94.7 Å². The van der Waals surface area contributed by atoms with Crippen LogP contribution in [0.3, 0.4) is 0 Å². The van der Waals surface area contributed by atoms with E-state index in [2.05, 4.69) is 15.2 Å². The molecule has 1 aromatic heterocycles. The number of halogens is 1. The Bertz CT molecular complexity index is 1330. The molecule has 1 atom stereocenters. The van der Waals surface area contributed by atoms with Crippen LogP contribution in [0, 0.1) is 5.82 Å². The van der Waals surface area contributed by atoms with Gasteiger partial charge in [-0.2, -0.15) is 0 Å². The Morgan fingerprint density at radius 1 is 1.06 bits per heavy atom. The Balaban J connectivity index is 1.30. The van der Waals surface area contributed by atoms with Crippen LogP contribution in [0.25, 0.3) is 11.1 Å². The highest BCUT2D eigenvalue weighted by Gasteiger charge is 2.32. The van der Waals surface area contributed by atoms with Gasteiger partial charge in [0.15, 0.2) is 5.58 Å². The largest absolute Gasteiger partial charge is 0.490 e. The predicted molar refractivity (Wildman–Crippen MR) is 126 cm³/mol. The minimum absolute atomic E-state index is 0.0000856. The monoisotopic (exact) mass is 461 g/mol. The molecule has 8 heteroatoms. The summed E-state index contributed by atoms with van der Waals surface area (Å²) in [4.78, 5) is 29.6. The van der Waals surface area contributed by atoms with Crippen LogP contribution in [0.4, 0.5) is 10.1 Å². The molecule has 0 bridgehead atoms. The number of aromatic amines is 1. The van der Waals surface area contributed by atoms with Gasteiger partial charge in [-0.3, -0.25) is 14.7 Å². The highest BCUT2D eigenvalue weighted by molar-refractivity contribution is 5.96. The number of H-pyrrole nitrogens is 1. The van der Waals surface area contributed by atoms with Crippen LogP contribution in [0.15, 0.2) is 82.0 Å². The van der Waals surface area contributed by atoms with Crippen molar-refractivity contribution in [3.63, 3.8) is 0 Å². The van der Waals surface area contributed by atoms with E-state index in [1.165, 1.54) is 12.1 Å². The molecule has 1 aliphatic rings. The van der Waals surface area contributed by atoms with E-state index in [0.29, 0.717) is 35.6 Å². The number of hydrogen-bond acceptors (Lipinski definition) is 5. The van der Waals surface area contributed by atoms with Crippen molar-refractivity contribution in [2.24, 2.45) is 0 Å². The molecule has 0 aliphatic carbocycles. The number of fused-ring (bicyclic) bond motifs is 1. The summed E-state index contributed by atoms with van der Waals surface area (Å²) in [5.41, 5.74) is 2.41. The summed E-state index contributed by atoms with van der Waals surface area (Å²) >= 11 is 0. The topological polar surface area (TPSA) is 87.6 Å². The highest BCUT2D eigenvalue weighted by atomic mass is 19.1. The van der Waals surface area contributed by atoms with Gasteiger partial charge in [0.1, 0.15) is 23.7 Å². The van der Waals surface area contributed by atoms with Crippen LogP contribution >= 0.6 is 0 Å². The van der Waals surface area contributed by atoms with E-state index in [1.807, 2.05) is 30.3 Å². The first-order valence-corrected chi connectivity index (χ1v) is 11.2. The molecule has 0 radical (unpaired) electrons. The number of hydrogen-bond donors (Lipinski definition) is 2. The van der Waals surface area contributed by atoms with Crippen molar-refractivity contribution < 1.29 is 18.3 Å². The number of likely N-dealkylation sites (tertiary alicyclic amines) is 1. The Kier molecular flexibility index (Phi) is 6.14. The maximum absolute atomic E-state index is 13.4. The number of ether oxygens (including phenoxy) is 1. The number of anilines is 1. The van der Waals surface area contributed by atoms with Gasteiger partial charge in [0.2, 0.25) is 5.91 Å². The summed E-state index contributed by atoms with van der Waals surface area (Å²) in [5, 5.41) is 2.97. The van der Waals surface area contributed by atoms with E-state index in [0.717, 1.165) is 18.4 Å². The molecule has 34 heavy (non-hydrogen) atoms. The van der Waals surface area contributed by atoms with Gasteiger partial charge in [0, 0.05) is 24.8 Å². The van der Waals surface area contributed by atoms with Crippen molar-refractivity contribution in [3.8, 4) is 5.75 Å². The van der Waals surface area contributed by atoms with Gasteiger partial charge >= 0.3 is 5.76 Å². The Morgan fingerprint density at radius 2 is 1.79 bits per heavy atom. The Hall–Kier alpha value is -3.91. The normalized spacial score (nSPS) is 15.8. The van der Waals surface area contributed by atoms with E-state index >= 15 is 0 Å². The second kappa shape index (κ2) is 9.52. The van der Waals surface area contributed by atoms with E-state index in [4.69, 9.17) is 9.15 Å². The second-order valence-corrected chi connectivity index (χ2v) is 8.34. The molecular weight excluding hydrogens is 437 g/mol. The molecule has 5 rings (SSSR count). The minimum atomic E-state index is -0.536. The zero-order valence-corrected chi connectivity index (χ0v) is 18.4. The number of aromatic nitrogens is 1. The lowest BCUT2D eigenvalue weighted by molar-refractivity contribution is -0.122. The maximum atomic E-state index is 13.4. The quantitative estimate of drug-likeness (QED) is 0.442. The molecule has 1 saturated heterocycles. The molecule has 1 amide bonds. The average molecular weight is 461 g/mol. The zero-order valence-electron chi connectivity index (χ0n) is 18.4.